The maximum Gasteiger partial charge on any atom is 0.0455 e. The van der Waals surface area contributed by atoms with E-state index in [1.54, 1.807) is 0 Å². The van der Waals surface area contributed by atoms with Crippen molar-refractivity contribution in [3.05, 3.63) is 41.7 Å². The number of hydrogen-bond donors (Lipinski definition) is 0. The molecule has 56 valence electrons. The van der Waals surface area contributed by atoms with Crippen molar-refractivity contribution in [3.63, 3.8) is 0 Å². The Morgan fingerprint density at radius 2 is 2.00 bits per heavy atom. The van der Waals surface area contributed by atoms with Gasteiger partial charge < -0.3 is 4.40 Å². The van der Waals surface area contributed by atoms with E-state index < -0.39 is 0 Å². The summed E-state index contributed by atoms with van der Waals surface area (Å²) < 4.78 is 2.20. The molecule has 2 rings (SSSR count). The molecule has 1 heteroatoms. The maximum absolute atomic E-state index is 2.20. The standard InChI is InChI=1S/C10H11N/c1-8-6-10-5-3-4-9(2)11(10)7-8/h3-7H,1-2H3. The predicted octanol–water partition coefficient (Wildman–Crippen LogP) is 2.56. The fraction of sp³-hybridized carbons (Fsp3) is 0.200. The molecule has 0 N–H and O–H groups in total. The van der Waals surface area contributed by atoms with E-state index in [9.17, 15) is 0 Å². The molecule has 0 atom stereocenters. The third kappa shape index (κ3) is 0.929. The normalized spacial score (nSPS) is 10.7. The third-order valence-electron chi connectivity index (χ3n) is 1.97. The molecule has 0 saturated carbocycles. The van der Waals surface area contributed by atoms with Gasteiger partial charge in [-0.05, 0) is 37.6 Å². The van der Waals surface area contributed by atoms with E-state index in [1.165, 1.54) is 16.8 Å². The van der Waals surface area contributed by atoms with Crippen molar-refractivity contribution in [3.8, 4) is 0 Å². The average molecular weight is 145 g/mol. The van der Waals surface area contributed by atoms with E-state index >= 15 is 0 Å². The van der Waals surface area contributed by atoms with E-state index in [0.29, 0.717) is 0 Å². The number of fused-ring (bicyclic) bond motifs is 1. The number of aryl methyl sites for hydroxylation is 2. The Bertz CT molecular complexity index is 385. The van der Waals surface area contributed by atoms with Crippen LogP contribution < -0.4 is 0 Å². The van der Waals surface area contributed by atoms with Crippen LogP contribution >= 0.6 is 0 Å². The summed E-state index contributed by atoms with van der Waals surface area (Å²) in [5.41, 5.74) is 3.89. The molecule has 2 aromatic rings. The molecule has 2 aromatic heterocycles. The Morgan fingerprint density at radius 3 is 2.73 bits per heavy atom. The van der Waals surface area contributed by atoms with Gasteiger partial charge in [-0.25, -0.2) is 0 Å². The van der Waals surface area contributed by atoms with Crippen molar-refractivity contribution in [1.82, 2.24) is 4.40 Å². The van der Waals surface area contributed by atoms with Gasteiger partial charge in [0, 0.05) is 17.4 Å². The fourth-order valence-corrected chi connectivity index (χ4v) is 1.42. The van der Waals surface area contributed by atoms with Gasteiger partial charge in [-0.1, -0.05) is 6.07 Å². The van der Waals surface area contributed by atoms with Crippen molar-refractivity contribution in [2.45, 2.75) is 13.8 Å². The highest BCUT2D eigenvalue weighted by Crippen LogP contribution is 2.10. The van der Waals surface area contributed by atoms with Gasteiger partial charge in [0.25, 0.3) is 0 Å². The van der Waals surface area contributed by atoms with Gasteiger partial charge in [-0.3, -0.25) is 0 Å². The Balaban J connectivity index is 2.90. The average Bonchev–Trinajstić information content (AvgIpc) is 2.31. The molecule has 0 saturated heterocycles. The minimum Gasteiger partial charge on any atom is -0.321 e. The van der Waals surface area contributed by atoms with Crippen LogP contribution in [0.3, 0.4) is 0 Å². The number of rotatable bonds is 0. The SMILES string of the molecule is Cc1cc2cccc(C)n2c1. The van der Waals surface area contributed by atoms with Crippen LogP contribution in [-0.4, -0.2) is 4.40 Å². The zero-order chi connectivity index (χ0) is 7.84. The molecule has 11 heavy (non-hydrogen) atoms. The van der Waals surface area contributed by atoms with Gasteiger partial charge in [-0.15, -0.1) is 0 Å². The zero-order valence-corrected chi connectivity index (χ0v) is 6.83. The Kier molecular flexibility index (Phi) is 1.25. The molecule has 0 fully saturated rings. The van der Waals surface area contributed by atoms with Crippen LogP contribution in [0.25, 0.3) is 5.52 Å². The molecule has 0 unspecified atom stereocenters. The summed E-state index contributed by atoms with van der Waals surface area (Å²) in [6, 6.07) is 8.52. The summed E-state index contributed by atoms with van der Waals surface area (Å²) in [6.45, 7) is 4.24. The third-order valence-corrected chi connectivity index (χ3v) is 1.97. The summed E-state index contributed by atoms with van der Waals surface area (Å²) in [5.74, 6) is 0. The van der Waals surface area contributed by atoms with E-state index in [2.05, 4.69) is 48.7 Å². The second kappa shape index (κ2) is 2.12. The molecule has 0 aliphatic rings. The van der Waals surface area contributed by atoms with Crippen molar-refractivity contribution in [1.29, 1.82) is 0 Å². The second-order valence-corrected chi connectivity index (χ2v) is 2.98. The van der Waals surface area contributed by atoms with Crippen LogP contribution in [0.15, 0.2) is 30.5 Å². The Labute approximate surface area is 66.3 Å². The van der Waals surface area contributed by atoms with Gasteiger partial charge in [-0.2, -0.15) is 0 Å². The Hall–Kier alpha value is -1.24. The van der Waals surface area contributed by atoms with Crippen LogP contribution in [-0.2, 0) is 0 Å². The van der Waals surface area contributed by atoms with Crippen molar-refractivity contribution < 1.29 is 0 Å². The largest absolute Gasteiger partial charge is 0.321 e. The van der Waals surface area contributed by atoms with Gasteiger partial charge in [0.15, 0.2) is 0 Å². The zero-order valence-electron chi connectivity index (χ0n) is 6.83. The predicted molar refractivity (Wildman–Crippen MR) is 46.9 cm³/mol. The molecule has 0 spiro atoms. The Morgan fingerprint density at radius 1 is 1.18 bits per heavy atom. The number of hydrogen-bond acceptors (Lipinski definition) is 0. The molecule has 2 heterocycles. The second-order valence-electron chi connectivity index (χ2n) is 2.98. The first-order valence-corrected chi connectivity index (χ1v) is 3.82. The maximum atomic E-state index is 2.20. The first-order valence-electron chi connectivity index (χ1n) is 3.82. The topological polar surface area (TPSA) is 4.41 Å². The molecule has 0 aromatic carbocycles. The summed E-state index contributed by atoms with van der Waals surface area (Å²) >= 11 is 0. The van der Waals surface area contributed by atoms with Crippen LogP contribution in [0.2, 0.25) is 0 Å². The molecule has 0 aliphatic carbocycles. The lowest BCUT2D eigenvalue weighted by Gasteiger charge is -1.97. The minimum atomic E-state index is 1.28. The van der Waals surface area contributed by atoms with Gasteiger partial charge in [0.1, 0.15) is 0 Å². The highest BCUT2D eigenvalue weighted by Gasteiger charge is 1.95. The lowest BCUT2D eigenvalue weighted by molar-refractivity contribution is 1.10. The van der Waals surface area contributed by atoms with Crippen LogP contribution in [0.4, 0.5) is 0 Å². The summed E-state index contributed by atoms with van der Waals surface area (Å²) in [4.78, 5) is 0. The molecule has 0 aliphatic heterocycles. The molecular formula is C10H11N. The summed E-state index contributed by atoms with van der Waals surface area (Å²) in [7, 11) is 0. The van der Waals surface area contributed by atoms with E-state index in [1.807, 2.05) is 0 Å². The molecule has 0 amide bonds. The van der Waals surface area contributed by atoms with Crippen molar-refractivity contribution in [2.24, 2.45) is 0 Å². The highest BCUT2D eigenvalue weighted by atomic mass is 14.9. The lowest BCUT2D eigenvalue weighted by Crippen LogP contribution is -1.85. The van der Waals surface area contributed by atoms with Crippen LogP contribution in [0, 0.1) is 13.8 Å². The molecule has 0 bridgehead atoms. The minimum absolute atomic E-state index is 1.28. The van der Waals surface area contributed by atoms with E-state index in [4.69, 9.17) is 0 Å². The molecule has 0 radical (unpaired) electrons. The van der Waals surface area contributed by atoms with Crippen LogP contribution in [0.1, 0.15) is 11.3 Å². The number of pyridine rings is 1. The smallest absolute Gasteiger partial charge is 0.0455 e. The first-order chi connectivity index (χ1) is 5.27. The quantitative estimate of drug-likeness (QED) is 0.536. The first kappa shape index (κ1) is 6.47. The monoisotopic (exact) mass is 145 g/mol. The molecular weight excluding hydrogens is 134 g/mol. The van der Waals surface area contributed by atoms with E-state index in [0.717, 1.165) is 0 Å². The van der Waals surface area contributed by atoms with E-state index in [-0.39, 0.29) is 0 Å². The van der Waals surface area contributed by atoms with Crippen LogP contribution in [0.5, 0.6) is 0 Å². The van der Waals surface area contributed by atoms with Gasteiger partial charge >= 0.3 is 0 Å². The van der Waals surface area contributed by atoms with Gasteiger partial charge in [0.2, 0.25) is 0 Å². The molecule has 1 nitrogen and oxygen atoms in total. The number of aromatic nitrogens is 1. The van der Waals surface area contributed by atoms with Crippen molar-refractivity contribution in [2.75, 3.05) is 0 Å². The number of nitrogens with zero attached hydrogens (tertiary/aromatic N) is 1. The van der Waals surface area contributed by atoms with Gasteiger partial charge in [0.05, 0.1) is 0 Å². The fourth-order valence-electron chi connectivity index (χ4n) is 1.42. The van der Waals surface area contributed by atoms with Crippen molar-refractivity contribution >= 4 is 5.52 Å². The summed E-state index contributed by atoms with van der Waals surface area (Å²) in [5, 5.41) is 0. The lowest BCUT2D eigenvalue weighted by atomic mass is 10.3. The summed E-state index contributed by atoms with van der Waals surface area (Å²) in [6.07, 6.45) is 2.16. The highest BCUT2D eigenvalue weighted by molar-refractivity contribution is 5.51.